The summed E-state index contributed by atoms with van der Waals surface area (Å²) in [5.74, 6) is 2.38. The average Bonchev–Trinajstić information content (AvgIpc) is 3.53. The van der Waals surface area contributed by atoms with E-state index in [1.807, 2.05) is 29.8 Å². The van der Waals surface area contributed by atoms with Gasteiger partial charge in [-0.3, -0.25) is 4.79 Å². The van der Waals surface area contributed by atoms with Crippen LogP contribution in [0.1, 0.15) is 35.2 Å². The van der Waals surface area contributed by atoms with E-state index in [1.165, 1.54) is 17.7 Å². The second kappa shape index (κ2) is 11.1. The Labute approximate surface area is 265 Å². The van der Waals surface area contributed by atoms with Gasteiger partial charge in [-0.2, -0.15) is 0 Å². The lowest BCUT2D eigenvalue weighted by Gasteiger charge is -2.33. The number of halogens is 1. The fraction of sp³-hybridized carbons (Fsp3) is 0.400. The van der Waals surface area contributed by atoms with E-state index in [0.717, 1.165) is 57.2 Å². The number of nitrogens with zero attached hydrogens (tertiary/aromatic N) is 5. The Morgan fingerprint density at radius 2 is 1.98 bits per heavy atom. The van der Waals surface area contributed by atoms with Crippen LogP contribution in [0.5, 0.6) is 11.5 Å². The summed E-state index contributed by atoms with van der Waals surface area (Å²) in [5.41, 5.74) is 12.6. The minimum Gasteiger partial charge on any atom is -0.494 e. The Balaban J connectivity index is 1.21. The number of pyridine rings is 1. The van der Waals surface area contributed by atoms with Crippen LogP contribution < -0.4 is 15.2 Å². The molecule has 5 heterocycles. The van der Waals surface area contributed by atoms with E-state index in [1.54, 1.807) is 19.2 Å². The molecule has 2 aromatic carbocycles. The number of rotatable bonds is 7. The number of ether oxygens (including phenoxy) is 2. The van der Waals surface area contributed by atoms with Crippen LogP contribution in [-0.2, 0) is 20.0 Å². The van der Waals surface area contributed by atoms with Gasteiger partial charge < -0.3 is 34.3 Å². The molecule has 1 amide bonds. The van der Waals surface area contributed by atoms with E-state index < -0.39 is 12.2 Å². The molecule has 3 atom stereocenters. The number of piperidine rings is 1. The van der Waals surface area contributed by atoms with Gasteiger partial charge in [-0.05, 0) is 79.3 Å². The standard InChI is InChI=1S/C35H37FN6O4/c1-40-32-28(11-23(13-31(32)45-2)35(44)41-16-24(36)14-25(37)17-41)39-34(40)29-12-21-5-7-27(38-33(21)42(29)15-19-3-4-19)20-6-8-30-22(9-20)10-26(18-43)46-30/h5-9,11-13,19,24-26,43H,3-4,10,14-18,37H2,1-2H3/t24-,25-,26?/m1/s1. The first-order valence-corrected chi connectivity index (χ1v) is 15.9. The van der Waals surface area contributed by atoms with Crippen LogP contribution in [0.2, 0.25) is 0 Å². The van der Waals surface area contributed by atoms with Gasteiger partial charge in [0.15, 0.2) is 5.82 Å². The minimum absolute atomic E-state index is 0.00983. The van der Waals surface area contributed by atoms with Gasteiger partial charge in [0.25, 0.3) is 5.91 Å². The summed E-state index contributed by atoms with van der Waals surface area (Å²) in [5, 5.41) is 10.6. The zero-order valence-electron chi connectivity index (χ0n) is 25.9. The second-order valence-electron chi connectivity index (χ2n) is 13.0. The molecule has 1 saturated heterocycles. The van der Waals surface area contributed by atoms with Crippen molar-refractivity contribution in [2.45, 2.75) is 50.5 Å². The number of imidazole rings is 1. The van der Waals surface area contributed by atoms with Crippen molar-refractivity contribution in [3.05, 3.63) is 59.7 Å². The van der Waals surface area contributed by atoms with Crippen molar-refractivity contribution in [2.24, 2.45) is 18.7 Å². The summed E-state index contributed by atoms with van der Waals surface area (Å²) in [7, 11) is 3.53. The van der Waals surface area contributed by atoms with Crippen molar-refractivity contribution in [1.82, 2.24) is 24.0 Å². The van der Waals surface area contributed by atoms with E-state index >= 15 is 0 Å². The number of carbonyl (C=O) groups is 1. The number of aliphatic hydroxyl groups is 1. The highest BCUT2D eigenvalue weighted by atomic mass is 19.1. The summed E-state index contributed by atoms with van der Waals surface area (Å²) in [6.07, 6.45) is 1.95. The van der Waals surface area contributed by atoms with Gasteiger partial charge in [-0.1, -0.05) is 0 Å². The topological polar surface area (TPSA) is 121 Å². The number of fused-ring (bicyclic) bond motifs is 3. The van der Waals surface area contributed by atoms with Gasteiger partial charge in [-0.25, -0.2) is 14.4 Å². The molecule has 2 aliphatic heterocycles. The lowest BCUT2D eigenvalue weighted by atomic mass is 10.0. The third kappa shape index (κ3) is 4.98. The lowest BCUT2D eigenvalue weighted by Crippen LogP contribution is -2.50. The molecule has 3 aromatic heterocycles. The number of methoxy groups -OCH3 is 1. The van der Waals surface area contributed by atoms with Gasteiger partial charge >= 0.3 is 0 Å². The Hall–Kier alpha value is -4.48. The number of hydrogen-bond acceptors (Lipinski definition) is 7. The van der Waals surface area contributed by atoms with Gasteiger partial charge in [0.1, 0.15) is 34.9 Å². The zero-order valence-corrected chi connectivity index (χ0v) is 25.9. The number of aromatic nitrogens is 4. The lowest BCUT2D eigenvalue weighted by molar-refractivity contribution is 0.0606. The average molecular weight is 625 g/mol. The highest BCUT2D eigenvalue weighted by molar-refractivity contribution is 6.00. The Morgan fingerprint density at radius 1 is 1.13 bits per heavy atom. The molecule has 238 valence electrons. The molecule has 3 N–H and O–H groups in total. The third-order valence-corrected chi connectivity index (χ3v) is 9.53. The molecule has 0 bridgehead atoms. The molecule has 2 fully saturated rings. The van der Waals surface area contributed by atoms with Crippen molar-refractivity contribution in [3.8, 4) is 34.3 Å². The normalized spacial score (nSPS) is 21.2. The molecule has 1 unspecified atom stereocenters. The van der Waals surface area contributed by atoms with Crippen LogP contribution >= 0.6 is 0 Å². The molecule has 10 nitrogen and oxygen atoms in total. The van der Waals surface area contributed by atoms with Crippen molar-refractivity contribution in [1.29, 1.82) is 0 Å². The van der Waals surface area contributed by atoms with Crippen molar-refractivity contribution >= 4 is 28.0 Å². The van der Waals surface area contributed by atoms with Gasteiger partial charge in [0.05, 0.1) is 37.2 Å². The largest absolute Gasteiger partial charge is 0.494 e. The van der Waals surface area contributed by atoms with E-state index in [2.05, 4.69) is 22.8 Å². The van der Waals surface area contributed by atoms with Crippen LogP contribution in [0.4, 0.5) is 4.39 Å². The number of nitrogens with two attached hydrogens (primary N) is 1. The van der Waals surface area contributed by atoms with Crippen LogP contribution in [0.15, 0.2) is 48.5 Å². The summed E-state index contributed by atoms with van der Waals surface area (Å²) in [4.78, 5) is 25.2. The molecule has 11 heteroatoms. The first kappa shape index (κ1) is 29.0. The predicted molar refractivity (Wildman–Crippen MR) is 173 cm³/mol. The first-order chi connectivity index (χ1) is 22.3. The zero-order chi connectivity index (χ0) is 31.7. The molecular weight excluding hydrogens is 587 g/mol. The maximum absolute atomic E-state index is 14.3. The van der Waals surface area contributed by atoms with Gasteiger partial charge in [0, 0.05) is 49.1 Å². The summed E-state index contributed by atoms with van der Waals surface area (Å²) < 4.78 is 30.2. The molecule has 8 rings (SSSR count). The molecule has 5 aromatic rings. The van der Waals surface area contributed by atoms with Gasteiger partial charge in [0.2, 0.25) is 0 Å². The molecule has 0 radical (unpaired) electrons. The smallest absolute Gasteiger partial charge is 0.254 e. The van der Waals surface area contributed by atoms with Crippen molar-refractivity contribution in [3.63, 3.8) is 0 Å². The summed E-state index contributed by atoms with van der Waals surface area (Å²) in [6.45, 7) is 1.16. The molecule has 1 aliphatic carbocycles. The predicted octanol–water partition coefficient (Wildman–Crippen LogP) is 4.48. The number of aryl methyl sites for hydroxylation is 1. The number of amides is 1. The molecule has 3 aliphatic rings. The summed E-state index contributed by atoms with van der Waals surface area (Å²) >= 11 is 0. The van der Waals surface area contributed by atoms with E-state index in [4.69, 9.17) is 25.2 Å². The number of carbonyl (C=O) groups excluding carboxylic acids is 1. The van der Waals surface area contributed by atoms with E-state index in [-0.39, 0.29) is 31.6 Å². The van der Waals surface area contributed by atoms with Crippen LogP contribution in [-0.4, -0.2) is 80.1 Å². The van der Waals surface area contributed by atoms with Crippen molar-refractivity contribution < 1.29 is 23.8 Å². The second-order valence-corrected chi connectivity index (χ2v) is 13.0. The first-order valence-electron chi connectivity index (χ1n) is 15.9. The Kier molecular flexibility index (Phi) is 6.99. The number of likely N-dealkylation sites (tertiary alicyclic amines) is 1. The number of hydrogen-bond donors (Lipinski definition) is 2. The van der Waals surface area contributed by atoms with Crippen LogP contribution in [0.3, 0.4) is 0 Å². The molecule has 0 spiro atoms. The monoisotopic (exact) mass is 624 g/mol. The minimum atomic E-state index is -1.14. The summed E-state index contributed by atoms with van der Waals surface area (Å²) in [6, 6.07) is 15.4. The third-order valence-electron chi connectivity index (χ3n) is 9.53. The maximum atomic E-state index is 14.3. The number of aliphatic hydroxyl groups excluding tert-OH is 1. The Bertz CT molecular complexity index is 1990. The molecular formula is C35H37FN6O4. The highest BCUT2D eigenvalue weighted by Crippen LogP contribution is 2.39. The van der Waals surface area contributed by atoms with E-state index in [9.17, 15) is 14.3 Å². The maximum Gasteiger partial charge on any atom is 0.254 e. The van der Waals surface area contributed by atoms with E-state index in [0.29, 0.717) is 35.7 Å². The Morgan fingerprint density at radius 3 is 2.74 bits per heavy atom. The number of benzene rings is 2. The highest BCUT2D eigenvalue weighted by Gasteiger charge is 2.31. The number of alkyl halides is 1. The fourth-order valence-corrected chi connectivity index (χ4v) is 7.04. The SMILES string of the molecule is COc1cc(C(=O)N2C[C@H](N)C[C@@H](F)C2)cc2nc(-c3cc4ccc(-c5ccc6c(c5)CC(CO)O6)nc4n3CC3CC3)n(C)c12. The van der Waals surface area contributed by atoms with Crippen LogP contribution in [0, 0.1) is 5.92 Å². The fourth-order valence-electron chi connectivity index (χ4n) is 7.04. The molecule has 1 saturated carbocycles. The van der Waals surface area contributed by atoms with Crippen molar-refractivity contribution in [2.75, 3.05) is 26.8 Å². The van der Waals surface area contributed by atoms with Gasteiger partial charge in [-0.15, -0.1) is 0 Å². The van der Waals surface area contributed by atoms with Crippen LogP contribution in [0.25, 0.3) is 44.8 Å². The molecule has 46 heavy (non-hydrogen) atoms. The quantitative estimate of drug-likeness (QED) is 0.274.